The molecular formula is C12H15NO3. The molecule has 1 unspecified atom stereocenters. The Morgan fingerprint density at radius 2 is 2.06 bits per heavy atom. The van der Waals surface area contributed by atoms with Gasteiger partial charge >= 0.3 is 5.97 Å². The van der Waals surface area contributed by atoms with Crippen molar-refractivity contribution in [3.05, 3.63) is 35.4 Å². The molecule has 1 atom stereocenters. The lowest BCUT2D eigenvalue weighted by atomic mass is 10.1. The van der Waals surface area contributed by atoms with Crippen LogP contribution in [-0.2, 0) is 6.54 Å². The lowest BCUT2D eigenvalue weighted by Crippen LogP contribution is -2.21. The van der Waals surface area contributed by atoms with Gasteiger partial charge in [-0.25, -0.2) is 4.79 Å². The molecule has 1 heterocycles. The zero-order chi connectivity index (χ0) is 11.5. The van der Waals surface area contributed by atoms with Crippen molar-refractivity contribution in [2.75, 3.05) is 13.1 Å². The average Bonchev–Trinajstić information content (AvgIpc) is 2.65. The molecule has 0 saturated carbocycles. The third-order valence-electron chi connectivity index (χ3n) is 2.85. The predicted octanol–water partition coefficient (Wildman–Crippen LogP) is 0.951. The largest absolute Gasteiger partial charge is 0.478 e. The number of rotatable bonds is 3. The van der Waals surface area contributed by atoms with E-state index in [1.54, 1.807) is 12.1 Å². The molecule has 2 rings (SSSR count). The lowest BCUT2D eigenvalue weighted by molar-refractivity contribution is 0.0697. The zero-order valence-electron chi connectivity index (χ0n) is 8.97. The van der Waals surface area contributed by atoms with Crippen molar-refractivity contribution in [1.29, 1.82) is 0 Å². The molecule has 16 heavy (non-hydrogen) atoms. The molecule has 1 fully saturated rings. The minimum Gasteiger partial charge on any atom is -0.478 e. The Bertz CT molecular complexity index is 374. The van der Waals surface area contributed by atoms with Crippen molar-refractivity contribution in [3.8, 4) is 0 Å². The lowest BCUT2D eigenvalue weighted by Gasteiger charge is -2.14. The van der Waals surface area contributed by atoms with E-state index < -0.39 is 5.97 Å². The first-order chi connectivity index (χ1) is 7.65. The summed E-state index contributed by atoms with van der Waals surface area (Å²) < 4.78 is 0. The van der Waals surface area contributed by atoms with Gasteiger partial charge in [-0.3, -0.25) is 4.90 Å². The Morgan fingerprint density at radius 1 is 1.38 bits per heavy atom. The molecule has 0 spiro atoms. The van der Waals surface area contributed by atoms with E-state index in [1.165, 1.54) is 0 Å². The fourth-order valence-electron chi connectivity index (χ4n) is 1.97. The minimum atomic E-state index is -0.900. The number of β-amino-alcohol motifs (C(OH)–C–C–N with tert-alkyl or cyclic N) is 1. The van der Waals surface area contributed by atoms with Crippen LogP contribution in [0.4, 0.5) is 0 Å². The van der Waals surface area contributed by atoms with E-state index in [4.69, 9.17) is 5.11 Å². The molecule has 0 aliphatic carbocycles. The van der Waals surface area contributed by atoms with Crippen molar-refractivity contribution < 1.29 is 15.0 Å². The summed E-state index contributed by atoms with van der Waals surface area (Å²) in [6.07, 6.45) is 0.617. The molecule has 0 amide bonds. The number of carbonyl (C=O) groups is 1. The highest BCUT2D eigenvalue weighted by atomic mass is 16.4. The number of hydrogen-bond donors (Lipinski definition) is 2. The first kappa shape index (κ1) is 11.1. The predicted molar refractivity (Wildman–Crippen MR) is 59.3 cm³/mol. The summed E-state index contributed by atoms with van der Waals surface area (Å²) >= 11 is 0. The molecule has 1 saturated heterocycles. The minimum absolute atomic E-state index is 0.210. The molecule has 0 aromatic heterocycles. The number of aliphatic hydroxyl groups excluding tert-OH is 1. The molecule has 1 aromatic carbocycles. The van der Waals surface area contributed by atoms with Gasteiger partial charge in [-0.05, 0) is 24.1 Å². The summed E-state index contributed by atoms with van der Waals surface area (Å²) in [6.45, 7) is 2.39. The van der Waals surface area contributed by atoms with E-state index in [0.717, 1.165) is 25.1 Å². The van der Waals surface area contributed by atoms with Gasteiger partial charge in [0.1, 0.15) is 0 Å². The topological polar surface area (TPSA) is 60.8 Å². The highest BCUT2D eigenvalue weighted by Gasteiger charge is 2.19. The number of carboxylic acid groups (broad SMARTS) is 1. The summed E-state index contributed by atoms with van der Waals surface area (Å²) in [4.78, 5) is 12.8. The van der Waals surface area contributed by atoms with Gasteiger partial charge in [-0.15, -0.1) is 0 Å². The van der Waals surface area contributed by atoms with Gasteiger partial charge in [-0.2, -0.15) is 0 Å². The monoisotopic (exact) mass is 221 g/mol. The second kappa shape index (κ2) is 4.63. The number of nitrogens with zero attached hydrogens (tertiary/aromatic N) is 1. The summed E-state index contributed by atoms with van der Waals surface area (Å²) in [6, 6.07) is 6.89. The molecule has 1 aromatic rings. The van der Waals surface area contributed by atoms with Gasteiger partial charge in [0.25, 0.3) is 0 Å². The quantitative estimate of drug-likeness (QED) is 0.797. The van der Waals surface area contributed by atoms with Crippen LogP contribution in [-0.4, -0.2) is 40.3 Å². The third-order valence-corrected chi connectivity index (χ3v) is 2.85. The maximum absolute atomic E-state index is 10.7. The van der Waals surface area contributed by atoms with Crippen molar-refractivity contribution in [3.63, 3.8) is 0 Å². The van der Waals surface area contributed by atoms with Crippen LogP contribution in [0, 0.1) is 0 Å². The van der Waals surface area contributed by atoms with Gasteiger partial charge < -0.3 is 10.2 Å². The van der Waals surface area contributed by atoms with Crippen LogP contribution >= 0.6 is 0 Å². The van der Waals surface area contributed by atoms with Crippen LogP contribution in [0.2, 0.25) is 0 Å². The molecule has 86 valence electrons. The highest BCUT2D eigenvalue weighted by molar-refractivity contribution is 5.87. The molecule has 4 nitrogen and oxygen atoms in total. The van der Waals surface area contributed by atoms with E-state index in [0.29, 0.717) is 12.1 Å². The third kappa shape index (κ3) is 2.59. The van der Waals surface area contributed by atoms with Crippen LogP contribution in [0.3, 0.4) is 0 Å². The Labute approximate surface area is 94.1 Å². The van der Waals surface area contributed by atoms with Gasteiger partial charge in [0, 0.05) is 19.6 Å². The van der Waals surface area contributed by atoms with Crippen LogP contribution in [0.15, 0.2) is 24.3 Å². The van der Waals surface area contributed by atoms with E-state index in [9.17, 15) is 9.90 Å². The maximum atomic E-state index is 10.7. The Morgan fingerprint density at radius 3 is 2.56 bits per heavy atom. The summed E-state index contributed by atoms with van der Waals surface area (Å²) in [7, 11) is 0. The first-order valence-electron chi connectivity index (χ1n) is 5.38. The number of hydrogen-bond acceptors (Lipinski definition) is 3. The number of aromatic carboxylic acids is 1. The summed E-state index contributed by atoms with van der Waals surface area (Å²) in [5, 5.41) is 18.1. The van der Waals surface area contributed by atoms with E-state index >= 15 is 0 Å². The smallest absolute Gasteiger partial charge is 0.335 e. The van der Waals surface area contributed by atoms with E-state index in [1.807, 2.05) is 12.1 Å². The van der Waals surface area contributed by atoms with Gasteiger partial charge in [-0.1, -0.05) is 12.1 Å². The van der Waals surface area contributed by atoms with Crippen molar-refractivity contribution in [2.45, 2.75) is 19.1 Å². The van der Waals surface area contributed by atoms with Crippen LogP contribution < -0.4 is 0 Å². The maximum Gasteiger partial charge on any atom is 0.335 e. The van der Waals surface area contributed by atoms with Crippen molar-refractivity contribution in [2.24, 2.45) is 0 Å². The average molecular weight is 221 g/mol. The number of aliphatic hydroxyl groups is 1. The number of benzene rings is 1. The van der Waals surface area contributed by atoms with Crippen molar-refractivity contribution >= 4 is 5.97 Å². The normalized spacial score (nSPS) is 21.2. The van der Waals surface area contributed by atoms with Gasteiger partial charge in [0.05, 0.1) is 11.7 Å². The second-order valence-electron chi connectivity index (χ2n) is 4.18. The SMILES string of the molecule is O=C(O)c1ccc(CN2CCC(O)C2)cc1. The fourth-order valence-corrected chi connectivity index (χ4v) is 1.97. The highest BCUT2D eigenvalue weighted by Crippen LogP contribution is 2.13. The zero-order valence-corrected chi connectivity index (χ0v) is 8.97. The fraction of sp³-hybridized carbons (Fsp3) is 0.417. The molecule has 0 radical (unpaired) electrons. The molecule has 2 N–H and O–H groups in total. The van der Waals surface area contributed by atoms with Crippen molar-refractivity contribution in [1.82, 2.24) is 4.90 Å². The Balaban J connectivity index is 1.97. The second-order valence-corrected chi connectivity index (χ2v) is 4.18. The summed E-state index contributed by atoms with van der Waals surface area (Å²) in [5.74, 6) is -0.900. The molecule has 0 bridgehead atoms. The Kier molecular flexibility index (Phi) is 3.22. The Hall–Kier alpha value is -1.39. The molecular weight excluding hydrogens is 206 g/mol. The number of carboxylic acids is 1. The molecule has 4 heteroatoms. The van der Waals surface area contributed by atoms with Crippen LogP contribution in [0.1, 0.15) is 22.3 Å². The number of likely N-dealkylation sites (tertiary alicyclic amines) is 1. The summed E-state index contributed by atoms with van der Waals surface area (Å²) in [5.41, 5.74) is 1.39. The first-order valence-corrected chi connectivity index (χ1v) is 5.38. The molecule has 1 aliphatic rings. The van der Waals surface area contributed by atoms with E-state index in [-0.39, 0.29) is 6.10 Å². The molecule has 1 aliphatic heterocycles. The van der Waals surface area contributed by atoms with Gasteiger partial charge in [0.15, 0.2) is 0 Å². The van der Waals surface area contributed by atoms with Gasteiger partial charge in [0.2, 0.25) is 0 Å². The van der Waals surface area contributed by atoms with Crippen LogP contribution in [0.5, 0.6) is 0 Å². The van der Waals surface area contributed by atoms with E-state index in [2.05, 4.69) is 4.90 Å². The standard InChI is InChI=1S/C12H15NO3/c14-11-5-6-13(8-11)7-9-1-3-10(4-2-9)12(15)16/h1-4,11,14H,5-8H2,(H,15,16). The van der Waals surface area contributed by atoms with Crippen LogP contribution in [0.25, 0.3) is 0 Å².